The minimum absolute atomic E-state index is 0.326. The summed E-state index contributed by atoms with van der Waals surface area (Å²) < 4.78 is 0. The van der Waals surface area contributed by atoms with Crippen molar-refractivity contribution in [2.75, 3.05) is 0 Å². The second-order valence-electron chi connectivity index (χ2n) is 5.97. The second-order valence-corrected chi connectivity index (χ2v) is 20.9. The van der Waals surface area contributed by atoms with Crippen LogP contribution in [-0.4, -0.2) is 31.4 Å². The maximum Gasteiger partial charge on any atom is 0.230 e. The third-order valence-electron chi connectivity index (χ3n) is 1.85. The Kier molecular flexibility index (Phi) is 4.65. The van der Waals surface area contributed by atoms with Crippen LogP contribution in [0.1, 0.15) is 0 Å². The van der Waals surface area contributed by atoms with Gasteiger partial charge in [0.2, 0.25) is 15.2 Å². The fourth-order valence-corrected chi connectivity index (χ4v) is 11.9. The molecule has 0 unspecified atom stereocenters. The van der Waals surface area contributed by atoms with Crippen LogP contribution in [-0.2, 0) is 0 Å². The van der Waals surface area contributed by atoms with Gasteiger partial charge in [-0.3, -0.25) is 0 Å². The zero-order valence-electron chi connectivity index (χ0n) is 9.12. The molecule has 66 valence electrons. The van der Waals surface area contributed by atoms with Crippen LogP contribution in [0.2, 0.25) is 49.1 Å². The molecule has 0 aliphatic rings. The van der Waals surface area contributed by atoms with Gasteiger partial charge in [0.15, 0.2) is 0 Å². The average Bonchev–Trinajstić information content (AvgIpc) is 1.55. The summed E-state index contributed by atoms with van der Waals surface area (Å²) >= 11 is 0.326. The number of hydrogen-bond donors (Lipinski definition) is 0. The van der Waals surface area contributed by atoms with Crippen LogP contribution in [0.5, 0.6) is 0 Å². The maximum atomic E-state index is 2.50. The van der Waals surface area contributed by atoms with Crippen molar-refractivity contribution in [1.29, 1.82) is 0 Å². The van der Waals surface area contributed by atoms with Crippen LogP contribution in [0, 0.1) is 0 Å². The van der Waals surface area contributed by atoms with Gasteiger partial charge in [0, 0.05) is 16.1 Å². The number of hydrogen-bond acceptors (Lipinski definition) is 0. The third kappa shape index (κ3) is 11.0. The summed E-state index contributed by atoms with van der Waals surface area (Å²) in [6, 6.07) is 0. The Bertz CT molecular complexity index is 96.2. The highest BCUT2D eigenvalue weighted by Gasteiger charge is 2.18. The molecule has 0 saturated carbocycles. The molecular formula is C8H23AlSi2. The smallest absolute Gasteiger partial charge is 0.101 e. The molecule has 0 heterocycles. The molecule has 11 heavy (non-hydrogen) atoms. The Morgan fingerprint density at radius 1 is 0.727 bits per heavy atom. The standard InChI is InChI=1S/2C4H11Si.Al.H/c2*1-5(2,3)4;;/h2*1H2,2-4H3;;. The van der Waals surface area contributed by atoms with Crippen LogP contribution in [0.3, 0.4) is 0 Å². The van der Waals surface area contributed by atoms with E-state index in [1.165, 1.54) is 0 Å². The highest BCUT2D eigenvalue weighted by atomic mass is 28.3. The molecule has 0 aromatic heterocycles. The molecule has 0 aliphatic heterocycles. The minimum atomic E-state index is -0.673. The Morgan fingerprint density at radius 2 is 1.00 bits per heavy atom. The van der Waals surface area contributed by atoms with Crippen molar-refractivity contribution >= 4 is 31.4 Å². The first-order valence-electron chi connectivity index (χ1n) is 4.71. The molecular weight excluding hydrogens is 179 g/mol. The second kappa shape index (κ2) is 4.27. The van der Waals surface area contributed by atoms with Crippen LogP contribution in [0.25, 0.3) is 0 Å². The van der Waals surface area contributed by atoms with E-state index in [2.05, 4.69) is 39.3 Å². The van der Waals surface area contributed by atoms with Crippen LogP contribution in [0.15, 0.2) is 0 Å². The first-order valence-corrected chi connectivity index (χ1v) is 14.1. The zero-order chi connectivity index (χ0) is 9.12. The van der Waals surface area contributed by atoms with Crippen molar-refractivity contribution in [1.82, 2.24) is 0 Å². The molecule has 0 fully saturated rings. The van der Waals surface area contributed by atoms with Crippen molar-refractivity contribution in [2.24, 2.45) is 0 Å². The Morgan fingerprint density at radius 3 is 1.18 bits per heavy atom. The van der Waals surface area contributed by atoms with E-state index in [1.807, 2.05) is 0 Å². The predicted octanol–water partition coefficient (Wildman–Crippen LogP) is 3.01. The van der Waals surface area contributed by atoms with Crippen LogP contribution in [0.4, 0.5) is 0 Å². The molecule has 0 radical (unpaired) electrons. The van der Waals surface area contributed by atoms with Gasteiger partial charge >= 0.3 is 0 Å². The first kappa shape index (κ1) is 12.0. The molecule has 0 atom stereocenters. The molecule has 0 nitrogen and oxygen atoms in total. The lowest BCUT2D eigenvalue weighted by molar-refractivity contribution is 1.57. The highest BCUT2D eigenvalue weighted by molar-refractivity contribution is 6.89. The monoisotopic (exact) mass is 202 g/mol. The van der Waals surface area contributed by atoms with Gasteiger partial charge in [-0.25, -0.2) is 0 Å². The van der Waals surface area contributed by atoms with Gasteiger partial charge in [-0.05, 0) is 0 Å². The maximum absolute atomic E-state index is 2.50. The van der Waals surface area contributed by atoms with E-state index in [1.54, 1.807) is 9.81 Å². The first-order chi connectivity index (χ1) is 4.71. The lowest BCUT2D eigenvalue weighted by atomic mass is 11.7. The van der Waals surface area contributed by atoms with Crippen molar-refractivity contribution in [3.05, 3.63) is 0 Å². The average molecular weight is 202 g/mol. The van der Waals surface area contributed by atoms with Gasteiger partial charge < -0.3 is 0 Å². The molecule has 0 aliphatic carbocycles. The summed E-state index contributed by atoms with van der Waals surface area (Å²) in [6.45, 7) is 15.0. The third-order valence-corrected chi connectivity index (χ3v) is 16.7. The fraction of sp³-hybridized carbons (Fsp3) is 1.00. The van der Waals surface area contributed by atoms with E-state index >= 15 is 0 Å². The molecule has 0 saturated heterocycles. The summed E-state index contributed by atoms with van der Waals surface area (Å²) in [5.41, 5.74) is 0. The summed E-state index contributed by atoms with van der Waals surface area (Å²) in [5, 5.41) is 0. The van der Waals surface area contributed by atoms with Gasteiger partial charge in [-0.2, -0.15) is 0 Å². The van der Waals surface area contributed by atoms with Crippen molar-refractivity contribution in [2.45, 2.75) is 49.1 Å². The molecule has 0 bridgehead atoms. The largest absolute Gasteiger partial charge is 0.230 e. The summed E-state index contributed by atoms with van der Waals surface area (Å²) in [7, 11) is -1.35. The minimum Gasteiger partial charge on any atom is -0.101 e. The normalized spacial score (nSPS) is 13.3. The Balaban J connectivity index is 3.44. The number of rotatable bonds is 4. The van der Waals surface area contributed by atoms with E-state index in [0.717, 1.165) is 0 Å². The van der Waals surface area contributed by atoms with E-state index in [4.69, 9.17) is 0 Å². The van der Waals surface area contributed by atoms with E-state index < -0.39 is 16.1 Å². The highest BCUT2D eigenvalue weighted by Crippen LogP contribution is 2.12. The van der Waals surface area contributed by atoms with E-state index in [0.29, 0.717) is 15.2 Å². The molecule has 3 heteroatoms. The Labute approximate surface area is 80.5 Å². The molecule has 0 rings (SSSR count). The van der Waals surface area contributed by atoms with Gasteiger partial charge in [0.1, 0.15) is 0 Å². The zero-order valence-corrected chi connectivity index (χ0v) is 12.5. The fourth-order valence-electron chi connectivity index (χ4n) is 1.15. The van der Waals surface area contributed by atoms with E-state index in [9.17, 15) is 0 Å². The van der Waals surface area contributed by atoms with Crippen molar-refractivity contribution in [3.8, 4) is 0 Å². The SMILES string of the molecule is C[Si](C)(C)[CH2][AlH][CH2][Si](C)(C)C. The van der Waals surface area contributed by atoms with Crippen molar-refractivity contribution in [3.63, 3.8) is 0 Å². The topological polar surface area (TPSA) is 0 Å². The van der Waals surface area contributed by atoms with Gasteiger partial charge in [0.25, 0.3) is 0 Å². The van der Waals surface area contributed by atoms with E-state index in [-0.39, 0.29) is 0 Å². The molecule has 0 spiro atoms. The summed E-state index contributed by atoms with van der Waals surface area (Å²) in [4.78, 5) is 3.33. The lowest BCUT2D eigenvalue weighted by Crippen LogP contribution is -2.28. The van der Waals surface area contributed by atoms with Gasteiger partial charge in [-0.15, -0.1) is 9.81 Å². The summed E-state index contributed by atoms with van der Waals surface area (Å²) in [6.07, 6.45) is 0. The quantitative estimate of drug-likeness (QED) is 0.615. The summed E-state index contributed by atoms with van der Waals surface area (Å²) in [5.74, 6) is 0. The molecule has 0 aromatic carbocycles. The van der Waals surface area contributed by atoms with Crippen molar-refractivity contribution < 1.29 is 0 Å². The Hall–Kier alpha value is 0.966. The van der Waals surface area contributed by atoms with Crippen LogP contribution < -0.4 is 0 Å². The lowest BCUT2D eigenvalue weighted by Gasteiger charge is -2.18. The van der Waals surface area contributed by atoms with Crippen LogP contribution >= 0.6 is 0 Å². The molecule has 0 amide bonds. The van der Waals surface area contributed by atoms with Gasteiger partial charge in [-0.1, -0.05) is 39.3 Å². The van der Waals surface area contributed by atoms with Gasteiger partial charge in [0.05, 0.1) is 0 Å². The molecule has 0 aromatic rings. The molecule has 0 N–H and O–H groups in total. The predicted molar refractivity (Wildman–Crippen MR) is 63.5 cm³/mol.